The highest BCUT2D eigenvalue weighted by molar-refractivity contribution is 7.18. The molecule has 0 aliphatic carbocycles. The zero-order valence-electron chi connectivity index (χ0n) is 16.6. The lowest BCUT2D eigenvalue weighted by Gasteiger charge is -2.32. The van der Waals surface area contributed by atoms with Crippen molar-refractivity contribution in [3.8, 4) is 0 Å². The lowest BCUT2D eigenvalue weighted by atomic mass is 10.0. The monoisotopic (exact) mass is 454 g/mol. The highest BCUT2D eigenvalue weighted by Crippen LogP contribution is 2.37. The predicted molar refractivity (Wildman–Crippen MR) is 120 cm³/mol. The summed E-state index contributed by atoms with van der Waals surface area (Å²) in [5.41, 5.74) is 0.194. The summed E-state index contributed by atoms with van der Waals surface area (Å²) in [7, 11) is 0. The van der Waals surface area contributed by atoms with Gasteiger partial charge in [-0.05, 0) is 68.2 Å². The molecule has 0 saturated carbocycles. The van der Waals surface area contributed by atoms with Crippen LogP contribution in [-0.2, 0) is 9.53 Å². The van der Waals surface area contributed by atoms with E-state index in [4.69, 9.17) is 27.9 Å². The van der Waals surface area contributed by atoms with E-state index in [0.717, 1.165) is 15.6 Å². The Morgan fingerprint density at radius 3 is 2.59 bits per heavy atom. The van der Waals surface area contributed by atoms with Crippen LogP contribution in [0.4, 0.5) is 4.79 Å². The maximum Gasteiger partial charge on any atom is 0.407 e. The van der Waals surface area contributed by atoms with Crippen molar-refractivity contribution in [3.63, 3.8) is 0 Å². The number of amides is 2. The Labute approximate surface area is 184 Å². The third-order valence-electron chi connectivity index (χ3n) is 4.59. The van der Waals surface area contributed by atoms with Gasteiger partial charge in [0.25, 0.3) is 0 Å². The molecule has 1 aromatic carbocycles. The quantitative estimate of drug-likeness (QED) is 0.601. The van der Waals surface area contributed by atoms with E-state index in [1.54, 1.807) is 11.0 Å². The number of ether oxygens (including phenoxy) is 1. The Bertz CT molecular complexity index is 941. The van der Waals surface area contributed by atoms with Gasteiger partial charge in [0.1, 0.15) is 5.60 Å². The second-order valence-electron chi connectivity index (χ2n) is 8.01. The van der Waals surface area contributed by atoms with Crippen molar-refractivity contribution in [1.29, 1.82) is 0 Å². The van der Waals surface area contributed by atoms with E-state index in [-0.39, 0.29) is 11.9 Å². The highest BCUT2D eigenvalue weighted by atomic mass is 35.5. The average Bonchev–Trinajstić information content (AvgIpc) is 3.11. The molecule has 1 aliphatic heterocycles. The molecule has 1 N–H and O–H groups in total. The first kappa shape index (κ1) is 21.9. The fourth-order valence-electron chi connectivity index (χ4n) is 3.17. The second kappa shape index (κ2) is 8.94. The van der Waals surface area contributed by atoms with Crippen LogP contribution in [0.2, 0.25) is 10.0 Å². The molecule has 2 heterocycles. The normalized spacial score (nSPS) is 15.8. The lowest BCUT2D eigenvalue weighted by molar-refractivity contribution is -0.127. The van der Waals surface area contributed by atoms with Crippen LogP contribution in [-0.4, -0.2) is 41.6 Å². The predicted octanol–water partition coefficient (Wildman–Crippen LogP) is 5.74. The van der Waals surface area contributed by atoms with Gasteiger partial charge >= 0.3 is 6.09 Å². The SMILES string of the molecule is CC(C)(C)OC(=O)NC1CCN(C(=O)C=Cc2cc3ccsc3c(Cl)c2Cl)CC1. The van der Waals surface area contributed by atoms with Crippen molar-refractivity contribution >= 4 is 62.7 Å². The first-order chi connectivity index (χ1) is 13.6. The molecule has 0 spiro atoms. The van der Waals surface area contributed by atoms with Crippen molar-refractivity contribution in [1.82, 2.24) is 10.2 Å². The Hall–Kier alpha value is -1.76. The summed E-state index contributed by atoms with van der Waals surface area (Å²) in [6.45, 7) is 6.63. The minimum absolute atomic E-state index is 0.00660. The smallest absolute Gasteiger partial charge is 0.407 e. The van der Waals surface area contributed by atoms with Crippen molar-refractivity contribution in [3.05, 3.63) is 39.2 Å². The van der Waals surface area contributed by atoms with Crippen LogP contribution in [0.5, 0.6) is 0 Å². The fraction of sp³-hybridized carbons (Fsp3) is 0.429. The summed E-state index contributed by atoms with van der Waals surface area (Å²) in [4.78, 5) is 26.2. The van der Waals surface area contributed by atoms with Crippen LogP contribution in [0.3, 0.4) is 0 Å². The van der Waals surface area contributed by atoms with E-state index in [2.05, 4.69) is 5.32 Å². The number of carbonyl (C=O) groups excluding carboxylic acids is 2. The van der Waals surface area contributed by atoms with Crippen LogP contribution in [0.15, 0.2) is 23.6 Å². The van der Waals surface area contributed by atoms with Gasteiger partial charge in [0, 0.05) is 25.2 Å². The van der Waals surface area contributed by atoms with Crippen LogP contribution < -0.4 is 5.32 Å². The first-order valence-corrected chi connectivity index (χ1v) is 11.1. The van der Waals surface area contributed by atoms with Gasteiger partial charge in [-0.2, -0.15) is 0 Å². The van der Waals surface area contributed by atoms with Gasteiger partial charge in [-0.25, -0.2) is 4.79 Å². The van der Waals surface area contributed by atoms with Gasteiger partial charge in [-0.3, -0.25) is 4.79 Å². The number of likely N-dealkylation sites (tertiary alicyclic amines) is 1. The van der Waals surface area contributed by atoms with E-state index in [1.165, 1.54) is 17.4 Å². The summed E-state index contributed by atoms with van der Waals surface area (Å²) >= 11 is 14.2. The number of carbonyl (C=O) groups is 2. The minimum atomic E-state index is -0.526. The third-order valence-corrected chi connectivity index (χ3v) is 6.53. The molecule has 1 aliphatic rings. The molecule has 0 atom stereocenters. The number of fused-ring (bicyclic) bond motifs is 1. The number of nitrogens with one attached hydrogen (secondary N) is 1. The van der Waals surface area contributed by atoms with Gasteiger partial charge in [0.2, 0.25) is 5.91 Å². The van der Waals surface area contributed by atoms with Crippen LogP contribution in [0, 0.1) is 0 Å². The van der Waals surface area contributed by atoms with Gasteiger partial charge < -0.3 is 15.0 Å². The summed E-state index contributed by atoms with van der Waals surface area (Å²) in [5.74, 6) is -0.0849. The summed E-state index contributed by atoms with van der Waals surface area (Å²) in [6.07, 6.45) is 4.19. The number of rotatable bonds is 3. The largest absolute Gasteiger partial charge is 0.444 e. The molecular weight excluding hydrogens is 431 g/mol. The molecule has 2 aromatic rings. The number of alkyl carbamates (subject to hydrolysis) is 1. The second-order valence-corrected chi connectivity index (χ2v) is 9.68. The Balaban J connectivity index is 1.56. The van der Waals surface area contributed by atoms with Crippen molar-refractivity contribution in [2.45, 2.75) is 45.3 Å². The zero-order valence-corrected chi connectivity index (χ0v) is 19.0. The minimum Gasteiger partial charge on any atom is -0.444 e. The highest BCUT2D eigenvalue weighted by Gasteiger charge is 2.25. The maximum atomic E-state index is 12.6. The Kier molecular flexibility index (Phi) is 6.76. The van der Waals surface area contributed by atoms with E-state index >= 15 is 0 Å². The van der Waals surface area contributed by atoms with Gasteiger partial charge in [-0.1, -0.05) is 23.2 Å². The number of hydrogen-bond acceptors (Lipinski definition) is 4. The van der Waals surface area contributed by atoms with Gasteiger partial charge in [0.15, 0.2) is 0 Å². The van der Waals surface area contributed by atoms with Gasteiger partial charge in [-0.15, -0.1) is 11.3 Å². The molecule has 156 valence electrons. The molecule has 8 heteroatoms. The molecule has 0 unspecified atom stereocenters. The number of benzene rings is 1. The van der Waals surface area contributed by atoms with E-state index in [0.29, 0.717) is 36.0 Å². The van der Waals surface area contributed by atoms with Crippen LogP contribution >= 0.6 is 34.5 Å². The molecule has 1 saturated heterocycles. The average molecular weight is 455 g/mol. The summed E-state index contributed by atoms with van der Waals surface area (Å²) in [6, 6.07) is 3.91. The molecular formula is C21H24Cl2N2O3S. The molecule has 2 amide bonds. The Morgan fingerprint density at radius 1 is 1.24 bits per heavy atom. The number of thiophene rings is 1. The molecule has 29 heavy (non-hydrogen) atoms. The van der Waals surface area contributed by atoms with Crippen LogP contribution in [0.25, 0.3) is 16.2 Å². The van der Waals surface area contributed by atoms with Crippen molar-refractivity contribution < 1.29 is 14.3 Å². The van der Waals surface area contributed by atoms with Gasteiger partial charge in [0.05, 0.1) is 14.7 Å². The Morgan fingerprint density at radius 2 is 1.93 bits per heavy atom. The lowest BCUT2D eigenvalue weighted by Crippen LogP contribution is -2.47. The number of nitrogens with zero attached hydrogens (tertiary/aromatic N) is 1. The number of piperidine rings is 1. The molecule has 3 rings (SSSR count). The number of halogens is 2. The molecule has 0 radical (unpaired) electrons. The first-order valence-electron chi connectivity index (χ1n) is 9.46. The molecule has 1 fully saturated rings. The van der Waals surface area contributed by atoms with E-state index in [1.807, 2.05) is 38.3 Å². The van der Waals surface area contributed by atoms with Crippen LogP contribution in [0.1, 0.15) is 39.2 Å². The standard InChI is InChI=1S/C21H24Cl2N2O3S/c1-21(2,3)28-20(27)24-15-6-9-25(10-7-15)16(26)5-4-13-12-14-8-11-29-19(14)18(23)17(13)22/h4-5,8,11-12,15H,6-7,9-10H2,1-3H3,(H,24,27). The van der Waals surface area contributed by atoms with Crippen molar-refractivity contribution in [2.24, 2.45) is 0 Å². The van der Waals surface area contributed by atoms with E-state index in [9.17, 15) is 9.59 Å². The summed E-state index contributed by atoms with van der Waals surface area (Å²) in [5, 5.41) is 6.80. The molecule has 5 nitrogen and oxygen atoms in total. The topological polar surface area (TPSA) is 58.6 Å². The fourth-order valence-corrected chi connectivity index (χ4v) is 4.61. The molecule has 1 aromatic heterocycles. The maximum absolute atomic E-state index is 12.6. The zero-order chi connectivity index (χ0) is 21.2. The number of hydrogen-bond donors (Lipinski definition) is 1. The van der Waals surface area contributed by atoms with Crippen molar-refractivity contribution in [2.75, 3.05) is 13.1 Å². The molecule has 0 bridgehead atoms. The summed E-state index contributed by atoms with van der Waals surface area (Å²) < 4.78 is 6.23. The third kappa shape index (κ3) is 5.65. The van der Waals surface area contributed by atoms with E-state index < -0.39 is 11.7 Å².